The number of esters is 1. The van der Waals surface area contributed by atoms with Gasteiger partial charge < -0.3 is 15.0 Å². The molecule has 1 N–H and O–H groups in total. The van der Waals surface area contributed by atoms with Crippen LogP contribution in [-0.4, -0.2) is 49.7 Å². The van der Waals surface area contributed by atoms with E-state index in [9.17, 15) is 4.79 Å². The maximum Gasteiger partial charge on any atom is 0.326 e. The Morgan fingerprint density at radius 1 is 1.40 bits per heavy atom. The lowest BCUT2D eigenvalue weighted by Gasteiger charge is -2.32. The summed E-state index contributed by atoms with van der Waals surface area (Å²) in [6.07, 6.45) is 6.03. The van der Waals surface area contributed by atoms with Crippen LogP contribution < -0.4 is 5.32 Å². The minimum absolute atomic E-state index is 0.122. The number of nitrogens with one attached hydrogen (secondary N) is 1. The molecule has 0 heterocycles. The molecule has 0 aromatic rings. The molecule has 1 rings (SSSR count). The standard InChI is InChI=1S/C16H32N2O2/c1-5-17-16(3,15(19)20-6-2)11-8-12-18(4)13-14-9-7-10-14/h14,17H,5-13H2,1-4H3. The van der Waals surface area contributed by atoms with Gasteiger partial charge in [-0.25, -0.2) is 0 Å². The molecule has 1 saturated carbocycles. The molecule has 0 aromatic carbocycles. The van der Waals surface area contributed by atoms with Crippen LogP contribution in [0.25, 0.3) is 0 Å². The molecular formula is C16H32N2O2. The van der Waals surface area contributed by atoms with Gasteiger partial charge in [-0.15, -0.1) is 0 Å². The molecule has 118 valence electrons. The highest BCUT2D eigenvalue weighted by molar-refractivity contribution is 5.80. The number of hydrogen-bond donors (Lipinski definition) is 1. The quantitative estimate of drug-likeness (QED) is 0.626. The van der Waals surface area contributed by atoms with E-state index >= 15 is 0 Å². The van der Waals surface area contributed by atoms with E-state index in [1.54, 1.807) is 0 Å². The fourth-order valence-corrected chi connectivity index (χ4v) is 2.85. The number of carbonyl (C=O) groups is 1. The van der Waals surface area contributed by atoms with Crippen LogP contribution >= 0.6 is 0 Å². The van der Waals surface area contributed by atoms with Crippen molar-refractivity contribution >= 4 is 5.97 Å². The molecule has 4 heteroatoms. The summed E-state index contributed by atoms with van der Waals surface area (Å²) < 4.78 is 5.19. The van der Waals surface area contributed by atoms with Crippen molar-refractivity contribution in [3.8, 4) is 0 Å². The molecular weight excluding hydrogens is 252 g/mol. The lowest BCUT2D eigenvalue weighted by Crippen LogP contribution is -2.50. The highest BCUT2D eigenvalue weighted by Gasteiger charge is 2.33. The van der Waals surface area contributed by atoms with Gasteiger partial charge in [-0.2, -0.15) is 0 Å². The first-order chi connectivity index (χ1) is 9.51. The van der Waals surface area contributed by atoms with Crippen molar-refractivity contribution in [2.75, 3.05) is 33.3 Å². The van der Waals surface area contributed by atoms with Crippen molar-refractivity contribution in [3.63, 3.8) is 0 Å². The van der Waals surface area contributed by atoms with Crippen LogP contribution in [0.15, 0.2) is 0 Å². The average Bonchev–Trinajstić information content (AvgIpc) is 2.34. The molecule has 0 aliphatic heterocycles. The van der Waals surface area contributed by atoms with Crippen LogP contribution in [0.4, 0.5) is 0 Å². The van der Waals surface area contributed by atoms with E-state index in [4.69, 9.17) is 4.74 Å². The summed E-state index contributed by atoms with van der Waals surface area (Å²) in [5.74, 6) is 0.786. The topological polar surface area (TPSA) is 41.6 Å². The van der Waals surface area contributed by atoms with Crippen LogP contribution in [0.3, 0.4) is 0 Å². The van der Waals surface area contributed by atoms with Crippen LogP contribution in [-0.2, 0) is 9.53 Å². The zero-order chi connectivity index (χ0) is 15.0. The Morgan fingerprint density at radius 2 is 2.10 bits per heavy atom. The Morgan fingerprint density at radius 3 is 2.60 bits per heavy atom. The van der Waals surface area contributed by atoms with Gasteiger partial charge in [0.05, 0.1) is 6.61 Å². The highest BCUT2D eigenvalue weighted by atomic mass is 16.5. The van der Waals surface area contributed by atoms with Gasteiger partial charge in [-0.1, -0.05) is 13.3 Å². The second-order valence-corrected chi connectivity index (χ2v) is 6.25. The second-order valence-electron chi connectivity index (χ2n) is 6.25. The molecule has 1 aliphatic rings. The third-order valence-electron chi connectivity index (χ3n) is 4.30. The van der Waals surface area contributed by atoms with Gasteiger partial charge in [-0.3, -0.25) is 4.79 Å². The summed E-state index contributed by atoms with van der Waals surface area (Å²) in [4.78, 5) is 14.5. The van der Waals surface area contributed by atoms with Gasteiger partial charge in [-0.05, 0) is 65.6 Å². The van der Waals surface area contributed by atoms with E-state index in [1.165, 1.54) is 25.8 Å². The van der Waals surface area contributed by atoms with Gasteiger partial charge >= 0.3 is 5.97 Å². The zero-order valence-electron chi connectivity index (χ0n) is 13.7. The van der Waals surface area contributed by atoms with Crippen LogP contribution in [0.2, 0.25) is 0 Å². The SMILES string of the molecule is CCNC(C)(CCCN(C)CC1CCC1)C(=O)OCC. The van der Waals surface area contributed by atoms with E-state index < -0.39 is 5.54 Å². The molecule has 1 atom stereocenters. The minimum atomic E-state index is -0.540. The highest BCUT2D eigenvalue weighted by Crippen LogP contribution is 2.26. The lowest BCUT2D eigenvalue weighted by atomic mass is 9.85. The fourth-order valence-electron chi connectivity index (χ4n) is 2.85. The van der Waals surface area contributed by atoms with Crippen molar-refractivity contribution in [2.24, 2.45) is 5.92 Å². The first-order valence-electron chi connectivity index (χ1n) is 8.12. The van der Waals surface area contributed by atoms with Crippen LogP contribution in [0, 0.1) is 5.92 Å². The molecule has 0 radical (unpaired) electrons. The van der Waals surface area contributed by atoms with Crippen molar-refractivity contribution < 1.29 is 9.53 Å². The number of nitrogens with zero attached hydrogens (tertiary/aromatic N) is 1. The molecule has 20 heavy (non-hydrogen) atoms. The van der Waals surface area contributed by atoms with E-state index in [0.29, 0.717) is 6.61 Å². The summed E-state index contributed by atoms with van der Waals surface area (Å²) in [6.45, 7) is 9.33. The normalized spacial score (nSPS) is 18.6. The third-order valence-corrected chi connectivity index (χ3v) is 4.30. The van der Waals surface area contributed by atoms with Gasteiger partial charge in [0.25, 0.3) is 0 Å². The predicted octanol–water partition coefficient (Wildman–Crippen LogP) is 2.43. The lowest BCUT2D eigenvalue weighted by molar-refractivity contribution is -0.150. The Bertz CT molecular complexity index is 292. The van der Waals surface area contributed by atoms with Gasteiger partial charge in [0.15, 0.2) is 0 Å². The van der Waals surface area contributed by atoms with E-state index in [-0.39, 0.29) is 5.97 Å². The molecule has 0 bridgehead atoms. The molecule has 0 amide bonds. The third kappa shape index (κ3) is 5.41. The summed E-state index contributed by atoms with van der Waals surface area (Å²) in [6, 6.07) is 0. The van der Waals surface area contributed by atoms with Gasteiger partial charge in [0.1, 0.15) is 5.54 Å². The molecule has 1 aliphatic carbocycles. The second kappa shape index (κ2) is 8.63. The molecule has 1 fully saturated rings. The molecule has 0 saturated heterocycles. The minimum Gasteiger partial charge on any atom is -0.465 e. The molecule has 0 spiro atoms. The van der Waals surface area contributed by atoms with Crippen LogP contribution in [0.1, 0.15) is 52.9 Å². The smallest absolute Gasteiger partial charge is 0.326 e. The van der Waals surface area contributed by atoms with Crippen LogP contribution in [0.5, 0.6) is 0 Å². The summed E-state index contributed by atoms with van der Waals surface area (Å²) >= 11 is 0. The summed E-state index contributed by atoms with van der Waals surface area (Å²) in [7, 11) is 2.19. The fraction of sp³-hybridized carbons (Fsp3) is 0.938. The summed E-state index contributed by atoms with van der Waals surface area (Å²) in [5.41, 5.74) is -0.540. The zero-order valence-corrected chi connectivity index (χ0v) is 13.7. The number of carbonyl (C=O) groups excluding carboxylic acids is 1. The maximum absolute atomic E-state index is 12.1. The maximum atomic E-state index is 12.1. The van der Waals surface area contributed by atoms with Gasteiger partial charge in [0.2, 0.25) is 0 Å². The van der Waals surface area contributed by atoms with Crippen molar-refractivity contribution in [1.29, 1.82) is 0 Å². The Kier molecular flexibility index (Phi) is 7.52. The van der Waals surface area contributed by atoms with E-state index in [2.05, 4.69) is 17.3 Å². The van der Waals surface area contributed by atoms with Crippen molar-refractivity contribution in [2.45, 2.75) is 58.4 Å². The van der Waals surface area contributed by atoms with Crippen molar-refractivity contribution in [1.82, 2.24) is 10.2 Å². The Labute approximate surface area is 124 Å². The Balaban J connectivity index is 2.31. The molecule has 0 aromatic heterocycles. The number of likely N-dealkylation sites (N-methyl/N-ethyl adjacent to an activating group) is 1. The average molecular weight is 284 g/mol. The van der Waals surface area contributed by atoms with E-state index in [0.717, 1.165) is 31.8 Å². The predicted molar refractivity (Wildman–Crippen MR) is 82.8 cm³/mol. The number of ether oxygens (including phenoxy) is 1. The van der Waals surface area contributed by atoms with E-state index in [1.807, 2.05) is 20.8 Å². The first kappa shape index (κ1) is 17.4. The number of hydrogen-bond acceptors (Lipinski definition) is 4. The first-order valence-corrected chi connectivity index (χ1v) is 8.12. The van der Waals surface area contributed by atoms with Crippen molar-refractivity contribution in [3.05, 3.63) is 0 Å². The number of rotatable bonds is 10. The monoisotopic (exact) mass is 284 g/mol. The molecule has 1 unspecified atom stereocenters. The molecule has 4 nitrogen and oxygen atoms in total. The Hall–Kier alpha value is -0.610. The largest absolute Gasteiger partial charge is 0.465 e. The summed E-state index contributed by atoms with van der Waals surface area (Å²) in [5, 5.41) is 3.29. The van der Waals surface area contributed by atoms with Gasteiger partial charge in [0, 0.05) is 6.54 Å².